The molecule has 1 amide bonds. The van der Waals surface area contributed by atoms with E-state index in [1.807, 2.05) is 6.92 Å². The number of aliphatic hydroxyl groups is 1. The lowest BCUT2D eigenvalue weighted by molar-refractivity contribution is -0.145. The molecule has 3 unspecified atom stereocenters. The van der Waals surface area contributed by atoms with Crippen LogP contribution in [0.15, 0.2) is 9.98 Å². The van der Waals surface area contributed by atoms with Crippen molar-refractivity contribution in [2.75, 3.05) is 31.2 Å². The smallest absolute Gasteiger partial charge is 0.331 e. The van der Waals surface area contributed by atoms with E-state index in [4.69, 9.17) is 10.5 Å². The first-order valence-corrected chi connectivity index (χ1v) is 10.1. The van der Waals surface area contributed by atoms with Crippen LogP contribution < -0.4 is 11.1 Å². The first-order chi connectivity index (χ1) is 13.4. The van der Waals surface area contributed by atoms with E-state index in [0.717, 1.165) is 0 Å². The van der Waals surface area contributed by atoms with Gasteiger partial charge in [0, 0.05) is 18.1 Å². The summed E-state index contributed by atoms with van der Waals surface area (Å²) >= 11 is 1.52. The van der Waals surface area contributed by atoms with Crippen molar-refractivity contribution in [1.82, 2.24) is 5.32 Å². The summed E-state index contributed by atoms with van der Waals surface area (Å²) in [6.07, 6.45) is 3.57. The molecule has 0 rings (SSSR count). The predicted molar refractivity (Wildman–Crippen MR) is 104 cm³/mol. The minimum absolute atomic E-state index is 0.0333. The molecule has 0 saturated heterocycles. The first-order valence-electron chi connectivity index (χ1n) is 8.97. The van der Waals surface area contributed by atoms with Crippen molar-refractivity contribution in [3.05, 3.63) is 0 Å². The van der Waals surface area contributed by atoms with Crippen molar-refractivity contribution in [1.29, 1.82) is 0 Å². The molecule has 4 N–H and O–H groups in total. The molecule has 0 aliphatic rings. The first kappa shape index (κ1) is 26.0. The van der Waals surface area contributed by atoms with Crippen LogP contribution in [0.5, 0.6) is 0 Å². The van der Waals surface area contributed by atoms with Gasteiger partial charge < -0.3 is 20.9 Å². The molecule has 0 aliphatic heterocycles. The van der Waals surface area contributed by atoms with Gasteiger partial charge in [-0.15, -0.1) is 0 Å². The molecule has 28 heavy (non-hydrogen) atoms. The monoisotopic (exact) mass is 416 g/mol. The van der Waals surface area contributed by atoms with Crippen LogP contribution in [0.25, 0.3) is 0 Å². The summed E-state index contributed by atoms with van der Waals surface area (Å²) in [5, 5.41) is 11.8. The van der Waals surface area contributed by atoms with E-state index >= 15 is 0 Å². The van der Waals surface area contributed by atoms with Crippen molar-refractivity contribution < 1.29 is 29.0 Å². The lowest BCUT2D eigenvalue weighted by Gasteiger charge is -2.13. The van der Waals surface area contributed by atoms with Crippen LogP contribution in [-0.4, -0.2) is 72.6 Å². The topological polar surface area (TPSA) is 161 Å². The second-order valence-electron chi connectivity index (χ2n) is 6.02. The number of esters is 1. The summed E-state index contributed by atoms with van der Waals surface area (Å²) in [5.74, 6) is 0.353. The number of nitrogens with zero attached hydrogens (tertiary/aromatic N) is 2. The lowest BCUT2D eigenvalue weighted by Crippen LogP contribution is -2.31. The average molecular weight is 417 g/mol. The molecule has 0 aliphatic carbocycles. The lowest BCUT2D eigenvalue weighted by atomic mass is 10.1. The Morgan fingerprint density at radius 1 is 1.29 bits per heavy atom. The van der Waals surface area contributed by atoms with E-state index < -0.39 is 18.2 Å². The van der Waals surface area contributed by atoms with E-state index in [1.165, 1.54) is 23.9 Å². The Morgan fingerprint density at radius 2 is 2.04 bits per heavy atom. The third-order valence-electron chi connectivity index (χ3n) is 3.65. The van der Waals surface area contributed by atoms with Gasteiger partial charge in [-0.1, -0.05) is 6.92 Å². The molecule has 0 aromatic heterocycles. The number of unbranched alkanes of at least 4 members (excludes halogenated alkanes) is 1. The molecule has 0 fully saturated rings. The van der Waals surface area contributed by atoms with Gasteiger partial charge in [0.1, 0.15) is 12.8 Å². The third kappa shape index (κ3) is 14.1. The van der Waals surface area contributed by atoms with E-state index in [0.29, 0.717) is 37.3 Å². The van der Waals surface area contributed by atoms with Crippen LogP contribution in [-0.2, 0) is 23.9 Å². The number of amides is 1. The number of thioether (sulfide) groups is 1. The zero-order valence-corrected chi connectivity index (χ0v) is 16.8. The summed E-state index contributed by atoms with van der Waals surface area (Å²) in [4.78, 5) is 50.8. The van der Waals surface area contributed by atoms with Gasteiger partial charge in [0.25, 0.3) is 0 Å². The minimum atomic E-state index is -0.954. The van der Waals surface area contributed by atoms with Gasteiger partial charge >= 0.3 is 5.97 Å². The number of nitrogens with one attached hydrogen (secondary N) is 1. The molecule has 0 aromatic rings. The molecular weight excluding hydrogens is 388 g/mol. The van der Waals surface area contributed by atoms with Crippen LogP contribution in [0.3, 0.4) is 0 Å². The fourth-order valence-corrected chi connectivity index (χ4v) is 3.00. The van der Waals surface area contributed by atoms with Crippen LogP contribution in [0, 0.1) is 5.92 Å². The number of carbonyl (C=O) groups excluding carboxylic acids is 4. The highest BCUT2D eigenvalue weighted by molar-refractivity contribution is 7.99. The Morgan fingerprint density at radius 3 is 2.68 bits per heavy atom. The van der Waals surface area contributed by atoms with E-state index in [2.05, 4.69) is 15.3 Å². The molecule has 158 valence electrons. The Balaban J connectivity index is 3.92. The van der Waals surface area contributed by atoms with Gasteiger partial charge in [0.15, 0.2) is 6.04 Å². The fraction of sp³-hybridized carbons (Fsp3) is 0.765. The second kappa shape index (κ2) is 17.1. The summed E-state index contributed by atoms with van der Waals surface area (Å²) in [5.41, 5.74) is 5.35. The molecular formula is C17H28N4O6S. The molecule has 11 heteroatoms. The Bertz CT molecular complexity index is 562. The Kier molecular flexibility index (Phi) is 15.9. The summed E-state index contributed by atoms with van der Waals surface area (Å²) in [6.45, 7) is 2.24. The molecule has 0 radical (unpaired) electrons. The Hall–Kier alpha value is -2.03. The van der Waals surface area contributed by atoms with Crippen LogP contribution in [0.1, 0.15) is 32.6 Å². The zero-order chi connectivity index (χ0) is 21.2. The maximum atomic E-state index is 11.9. The van der Waals surface area contributed by atoms with Gasteiger partial charge in [0.2, 0.25) is 18.1 Å². The molecule has 0 aromatic carbocycles. The van der Waals surface area contributed by atoms with Gasteiger partial charge in [-0.25, -0.2) is 19.4 Å². The normalized spacial score (nSPS) is 13.4. The SMILES string of the molecule is CC(CSCCC(=O)NCCOC(=O)C(CCCCN=C=O)N=C=O)C(N)O. The number of hydrogen-bond donors (Lipinski definition) is 3. The average Bonchev–Trinajstić information content (AvgIpc) is 2.67. The highest BCUT2D eigenvalue weighted by atomic mass is 32.2. The Labute approximate surface area is 168 Å². The molecule has 10 nitrogen and oxygen atoms in total. The number of isocyanates is 2. The third-order valence-corrected chi connectivity index (χ3v) is 4.90. The van der Waals surface area contributed by atoms with Gasteiger partial charge in [-0.05, 0) is 25.0 Å². The molecule has 0 bridgehead atoms. The summed E-state index contributed by atoms with van der Waals surface area (Å²) < 4.78 is 5.01. The summed E-state index contributed by atoms with van der Waals surface area (Å²) in [6, 6.07) is -0.954. The minimum Gasteiger partial charge on any atom is -0.462 e. The number of aliphatic imine (C=N–C) groups is 2. The molecule has 3 atom stereocenters. The van der Waals surface area contributed by atoms with E-state index in [1.54, 1.807) is 0 Å². The predicted octanol–water partition coefficient (Wildman–Crippen LogP) is -0.107. The van der Waals surface area contributed by atoms with Crippen molar-refractivity contribution in [3.8, 4) is 0 Å². The number of rotatable bonds is 16. The van der Waals surface area contributed by atoms with E-state index in [9.17, 15) is 24.3 Å². The van der Waals surface area contributed by atoms with Crippen LogP contribution in [0.2, 0.25) is 0 Å². The van der Waals surface area contributed by atoms with E-state index in [-0.39, 0.29) is 31.4 Å². The van der Waals surface area contributed by atoms with Crippen molar-refractivity contribution in [2.45, 2.75) is 44.9 Å². The van der Waals surface area contributed by atoms with Gasteiger partial charge in [-0.2, -0.15) is 16.8 Å². The number of nitrogens with two attached hydrogens (primary N) is 1. The highest BCUT2D eigenvalue weighted by Gasteiger charge is 2.18. The largest absolute Gasteiger partial charge is 0.462 e. The second-order valence-corrected chi connectivity index (χ2v) is 7.17. The maximum Gasteiger partial charge on any atom is 0.331 e. The van der Waals surface area contributed by atoms with Crippen LogP contribution in [0.4, 0.5) is 0 Å². The fourth-order valence-electron chi connectivity index (χ4n) is 1.93. The molecule has 0 spiro atoms. The summed E-state index contributed by atoms with van der Waals surface area (Å²) in [7, 11) is 0. The van der Waals surface area contributed by atoms with Crippen molar-refractivity contribution in [2.24, 2.45) is 21.6 Å². The van der Waals surface area contributed by atoms with Gasteiger partial charge in [-0.3, -0.25) is 4.79 Å². The highest BCUT2D eigenvalue weighted by Crippen LogP contribution is 2.11. The quantitative estimate of drug-likeness (QED) is 0.103. The molecule has 0 heterocycles. The van der Waals surface area contributed by atoms with Crippen LogP contribution >= 0.6 is 11.8 Å². The number of hydrogen-bond acceptors (Lipinski definition) is 10. The van der Waals surface area contributed by atoms with Crippen molar-refractivity contribution in [3.63, 3.8) is 0 Å². The van der Waals surface area contributed by atoms with Gasteiger partial charge in [0.05, 0.1) is 13.1 Å². The molecule has 0 saturated carbocycles. The number of carbonyl (C=O) groups is 2. The number of ether oxygens (including phenoxy) is 1. The zero-order valence-electron chi connectivity index (χ0n) is 16.0. The number of aliphatic hydroxyl groups excluding tert-OH is 1. The van der Waals surface area contributed by atoms with Crippen molar-refractivity contribution >= 4 is 35.8 Å². The standard InChI is InChI=1S/C17H28N4O6S/c1-13(16(18)25)10-28-9-5-15(24)20-7-8-27-17(26)14(21-12-23)4-2-3-6-19-11-22/h13-14,16,25H,2-10,18H2,1H3,(H,20,24). The maximum absolute atomic E-state index is 11.9.